The van der Waals surface area contributed by atoms with Crippen molar-refractivity contribution in [2.75, 3.05) is 46.3 Å². The average Bonchev–Trinajstić information content (AvgIpc) is 3.12. The molecular weight excluding hydrogens is 328 g/mol. The number of hydrogen-bond donors (Lipinski definition) is 2. The number of hydrazine groups is 1. The van der Waals surface area contributed by atoms with Gasteiger partial charge in [0.25, 0.3) is 5.91 Å². The molecule has 0 bridgehead atoms. The minimum atomic E-state index is -3.43. The summed E-state index contributed by atoms with van der Waals surface area (Å²) in [6, 6.07) is 6.21. The third kappa shape index (κ3) is 3.77. The summed E-state index contributed by atoms with van der Waals surface area (Å²) in [6.45, 7) is 4.78. The van der Waals surface area contributed by atoms with E-state index in [0.717, 1.165) is 39.0 Å². The lowest BCUT2D eigenvalue weighted by molar-refractivity contribution is -0.884. The Morgan fingerprint density at radius 2 is 1.62 bits per heavy atom. The van der Waals surface area contributed by atoms with Crippen molar-refractivity contribution in [1.29, 1.82) is 0 Å². The van der Waals surface area contributed by atoms with E-state index in [0.29, 0.717) is 18.7 Å². The maximum atomic E-state index is 12.5. The molecule has 0 unspecified atom stereocenters. The number of piperazine rings is 1. The molecule has 1 aromatic carbocycles. The number of amides is 1. The van der Waals surface area contributed by atoms with E-state index in [1.54, 1.807) is 12.1 Å². The second-order valence-corrected chi connectivity index (χ2v) is 8.46. The number of carbonyl (C=O) groups excluding carboxylic acids is 1. The van der Waals surface area contributed by atoms with Crippen LogP contribution in [0.1, 0.15) is 23.2 Å². The van der Waals surface area contributed by atoms with Crippen molar-refractivity contribution in [3.63, 3.8) is 0 Å². The quantitative estimate of drug-likeness (QED) is 0.724. The van der Waals surface area contributed by atoms with Crippen LogP contribution in [0, 0.1) is 0 Å². The molecule has 2 aliphatic rings. The zero-order chi connectivity index (χ0) is 17.2. The van der Waals surface area contributed by atoms with Crippen LogP contribution in [0.2, 0.25) is 0 Å². The van der Waals surface area contributed by atoms with Gasteiger partial charge >= 0.3 is 0 Å². The van der Waals surface area contributed by atoms with E-state index in [9.17, 15) is 13.2 Å². The van der Waals surface area contributed by atoms with Crippen LogP contribution in [-0.4, -0.2) is 70.0 Å². The molecule has 2 fully saturated rings. The Morgan fingerprint density at radius 3 is 2.21 bits per heavy atom. The van der Waals surface area contributed by atoms with E-state index in [1.165, 1.54) is 21.3 Å². The number of rotatable bonds is 4. The Kier molecular flexibility index (Phi) is 5.19. The highest BCUT2D eigenvalue weighted by atomic mass is 32.2. The molecule has 2 aliphatic heterocycles. The van der Waals surface area contributed by atoms with E-state index in [-0.39, 0.29) is 10.8 Å². The molecule has 2 N–H and O–H groups in total. The van der Waals surface area contributed by atoms with Crippen molar-refractivity contribution >= 4 is 15.9 Å². The third-order valence-electron chi connectivity index (χ3n) is 4.70. The number of carbonyl (C=O) groups is 1. The molecule has 132 valence electrons. The van der Waals surface area contributed by atoms with Crippen LogP contribution >= 0.6 is 0 Å². The number of benzene rings is 1. The second kappa shape index (κ2) is 7.18. The second-order valence-electron chi connectivity index (χ2n) is 6.52. The molecule has 0 atom stereocenters. The molecule has 0 aliphatic carbocycles. The van der Waals surface area contributed by atoms with Crippen molar-refractivity contribution in [3.8, 4) is 0 Å². The third-order valence-corrected chi connectivity index (χ3v) is 6.61. The molecule has 0 aromatic heterocycles. The fourth-order valence-corrected chi connectivity index (χ4v) is 4.58. The Hall–Kier alpha value is -1.48. The fraction of sp³-hybridized carbons (Fsp3) is 0.562. The first kappa shape index (κ1) is 17.3. The summed E-state index contributed by atoms with van der Waals surface area (Å²) in [7, 11) is -1.29. The predicted octanol–water partition coefficient (Wildman–Crippen LogP) is -1.05. The minimum Gasteiger partial charge on any atom is -0.335 e. The number of likely N-dealkylation sites (N-methyl/N-ethyl adjacent to an activating group) is 1. The van der Waals surface area contributed by atoms with Gasteiger partial charge in [-0.2, -0.15) is 4.31 Å². The summed E-state index contributed by atoms with van der Waals surface area (Å²) >= 11 is 0. The lowest BCUT2D eigenvalue weighted by Crippen LogP contribution is -3.12. The monoisotopic (exact) mass is 353 g/mol. The normalized spacial score (nSPS) is 21.0. The van der Waals surface area contributed by atoms with E-state index < -0.39 is 10.0 Å². The minimum absolute atomic E-state index is 0.195. The summed E-state index contributed by atoms with van der Waals surface area (Å²) in [5.74, 6) is -0.195. The van der Waals surface area contributed by atoms with Gasteiger partial charge in [0.1, 0.15) is 0 Å². The van der Waals surface area contributed by atoms with E-state index in [4.69, 9.17) is 0 Å². The Balaban J connectivity index is 1.64. The molecule has 0 radical (unpaired) electrons. The van der Waals surface area contributed by atoms with Crippen LogP contribution < -0.4 is 10.3 Å². The molecule has 2 heterocycles. The van der Waals surface area contributed by atoms with Crippen LogP contribution in [0.4, 0.5) is 0 Å². The van der Waals surface area contributed by atoms with Gasteiger partial charge in [0, 0.05) is 18.7 Å². The number of hydrogen-bond acceptors (Lipinski definition) is 4. The van der Waals surface area contributed by atoms with Gasteiger partial charge in [-0.05, 0) is 37.1 Å². The first-order valence-electron chi connectivity index (χ1n) is 8.44. The van der Waals surface area contributed by atoms with Crippen molar-refractivity contribution in [1.82, 2.24) is 14.7 Å². The van der Waals surface area contributed by atoms with Crippen LogP contribution in [0.5, 0.6) is 0 Å². The van der Waals surface area contributed by atoms with Gasteiger partial charge in [0.15, 0.2) is 0 Å². The van der Waals surface area contributed by atoms with Crippen molar-refractivity contribution in [2.24, 2.45) is 0 Å². The molecule has 0 saturated carbocycles. The lowest BCUT2D eigenvalue weighted by Gasteiger charge is -2.30. The lowest BCUT2D eigenvalue weighted by atomic mass is 10.2. The standard InChI is InChI=1S/C16H24N4O3S/c1-18-10-12-19(13-11-18)17-16(21)14-4-6-15(7-5-14)24(22,23)20-8-2-3-9-20/h4-7H,2-3,8-13H2,1H3,(H,17,21)/p+1. The number of sulfonamides is 1. The Bertz CT molecular complexity index is 676. The summed E-state index contributed by atoms with van der Waals surface area (Å²) in [4.78, 5) is 14.0. The molecule has 8 heteroatoms. The van der Waals surface area contributed by atoms with E-state index in [1.807, 2.05) is 5.01 Å². The average molecular weight is 353 g/mol. The largest absolute Gasteiger partial charge is 0.335 e. The Labute approximate surface area is 143 Å². The van der Waals surface area contributed by atoms with Gasteiger partial charge in [-0.1, -0.05) is 0 Å². The van der Waals surface area contributed by atoms with Crippen molar-refractivity contribution in [3.05, 3.63) is 29.8 Å². The Morgan fingerprint density at radius 1 is 1.04 bits per heavy atom. The fourth-order valence-electron chi connectivity index (χ4n) is 3.06. The SMILES string of the molecule is C[NH+]1CCN(NC(=O)c2ccc(S(=O)(=O)N3CCCC3)cc2)CC1. The molecule has 7 nitrogen and oxygen atoms in total. The van der Waals surface area contributed by atoms with Gasteiger partial charge in [0.2, 0.25) is 10.0 Å². The molecule has 0 spiro atoms. The zero-order valence-electron chi connectivity index (χ0n) is 14.0. The summed E-state index contributed by atoms with van der Waals surface area (Å²) in [5.41, 5.74) is 3.36. The number of nitrogens with one attached hydrogen (secondary N) is 2. The van der Waals surface area contributed by atoms with E-state index >= 15 is 0 Å². The van der Waals surface area contributed by atoms with Gasteiger partial charge in [-0.3, -0.25) is 10.2 Å². The maximum Gasteiger partial charge on any atom is 0.265 e. The summed E-state index contributed by atoms with van der Waals surface area (Å²) in [6.07, 6.45) is 1.82. The molecule has 24 heavy (non-hydrogen) atoms. The van der Waals surface area contributed by atoms with Gasteiger partial charge in [-0.15, -0.1) is 0 Å². The van der Waals surface area contributed by atoms with Crippen molar-refractivity contribution < 1.29 is 18.1 Å². The zero-order valence-corrected chi connectivity index (χ0v) is 14.8. The highest BCUT2D eigenvalue weighted by Crippen LogP contribution is 2.21. The number of quaternary nitrogens is 1. The van der Waals surface area contributed by atoms with Crippen molar-refractivity contribution in [2.45, 2.75) is 17.7 Å². The van der Waals surface area contributed by atoms with Crippen LogP contribution in [0.15, 0.2) is 29.2 Å². The maximum absolute atomic E-state index is 12.5. The first-order valence-corrected chi connectivity index (χ1v) is 9.88. The molecule has 3 rings (SSSR count). The summed E-state index contributed by atoms with van der Waals surface area (Å²) in [5, 5.41) is 1.92. The predicted molar refractivity (Wildman–Crippen MR) is 90.1 cm³/mol. The van der Waals surface area contributed by atoms with Crippen LogP contribution in [-0.2, 0) is 10.0 Å². The van der Waals surface area contributed by atoms with Gasteiger partial charge < -0.3 is 4.90 Å². The molecule has 1 aromatic rings. The highest BCUT2D eigenvalue weighted by molar-refractivity contribution is 7.89. The first-order chi connectivity index (χ1) is 11.5. The smallest absolute Gasteiger partial charge is 0.265 e. The number of nitrogens with zero attached hydrogens (tertiary/aromatic N) is 2. The molecule has 2 saturated heterocycles. The summed E-state index contributed by atoms with van der Waals surface area (Å²) < 4.78 is 26.5. The topological polar surface area (TPSA) is 74.2 Å². The molecular formula is C16H25N4O3S+. The van der Waals surface area contributed by atoms with Crippen LogP contribution in [0.3, 0.4) is 0 Å². The van der Waals surface area contributed by atoms with E-state index in [2.05, 4.69) is 12.5 Å². The highest BCUT2D eigenvalue weighted by Gasteiger charge is 2.27. The van der Waals surface area contributed by atoms with Gasteiger partial charge in [0.05, 0.1) is 38.1 Å². The van der Waals surface area contributed by atoms with Crippen LogP contribution in [0.25, 0.3) is 0 Å². The van der Waals surface area contributed by atoms with Gasteiger partial charge in [-0.25, -0.2) is 13.4 Å². The molecule has 1 amide bonds.